The van der Waals surface area contributed by atoms with Crippen LogP contribution in [-0.2, 0) is 5.41 Å². The lowest BCUT2D eigenvalue weighted by atomic mass is 9.95. The van der Waals surface area contributed by atoms with Crippen molar-refractivity contribution in [2.75, 3.05) is 6.54 Å². The van der Waals surface area contributed by atoms with Gasteiger partial charge < -0.3 is 5.32 Å². The molecule has 1 heterocycles. The van der Waals surface area contributed by atoms with E-state index in [1.54, 1.807) is 17.4 Å². The Kier molecular flexibility index (Phi) is 4.84. The summed E-state index contributed by atoms with van der Waals surface area (Å²) in [6.07, 6.45) is 0. The van der Waals surface area contributed by atoms with Gasteiger partial charge in [-0.25, -0.2) is 4.39 Å². The molecule has 0 aliphatic heterocycles. The number of nitrogens with one attached hydrogen (secondary N) is 1. The van der Waals surface area contributed by atoms with Gasteiger partial charge in [-0.3, -0.25) is 0 Å². The quantitative estimate of drug-likeness (QED) is 0.819. The molecule has 0 bridgehead atoms. The van der Waals surface area contributed by atoms with Crippen molar-refractivity contribution in [2.45, 2.75) is 46.1 Å². The molecule has 21 heavy (non-hydrogen) atoms. The van der Waals surface area contributed by atoms with Crippen LogP contribution in [0, 0.1) is 12.7 Å². The Morgan fingerprint density at radius 1 is 1.19 bits per heavy atom. The lowest BCUT2D eigenvalue weighted by Crippen LogP contribution is -2.22. The van der Waals surface area contributed by atoms with Crippen molar-refractivity contribution in [3.05, 3.63) is 57.0 Å². The van der Waals surface area contributed by atoms with Gasteiger partial charge in [-0.15, -0.1) is 11.3 Å². The molecule has 0 saturated carbocycles. The molecule has 0 radical (unpaired) electrons. The van der Waals surface area contributed by atoms with Crippen molar-refractivity contribution in [1.29, 1.82) is 0 Å². The van der Waals surface area contributed by atoms with Gasteiger partial charge in [0.25, 0.3) is 0 Å². The largest absolute Gasteiger partial charge is 0.306 e. The van der Waals surface area contributed by atoms with E-state index >= 15 is 0 Å². The maximum Gasteiger partial charge on any atom is 0.128 e. The molecule has 114 valence electrons. The van der Waals surface area contributed by atoms with Crippen molar-refractivity contribution in [1.82, 2.24) is 5.32 Å². The second kappa shape index (κ2) is 6.29. The van der Waals surface area contributed by atoms with E-state index in [1.165, 1.54) is 9.75 Å². The summed E-state index contributed by atoms with van der Waals surface area (Å²) in [5.74, 6) is -0.141. The standard InChI is InChI=1S/C18H24FNS/c1-6-20-17(13-11-12(2)7-8-14(13)19)15-9-10-16(21-15)18(3,4)5/h7-11,17,20H,6H2,1-5H3. The summed E-state index contributed by atoms with van der Waals surface area (Å²) in [7, 11) is 0. The smallest absolute Gasteiger partial charge is 0.128 e. The zero-order valence-electron chi connectivity index (χ0n) is 13.5. The van der Waals surface area contributed by atoms with E-state index in [9.17, 15) is 4.39 Å². The highest BCUT2D eigenvalue weighted by atomic mass is 32.1. The van der Waals surface area contributed by atoms with Crippen LogP contribution in [0.2, 0.25) is 0 Å². The number of aryl methyl sites for hydroxylation is 1. The van der Waals surface area contributed by atoms with Gasteiger partial charge in [-0.05, 0) is 37.1 Å². The Labute approximate surface area is 131 Å². The molecular formula is C18H24FNS. The molecule has 1 aromatic heterocycles. The first kappa shape index (κ1) is 16.2. The molecule has 2 rings (SSSR count). The molecule has 0 aliphatic carbocycles. The molecule has 0 spiro atoms. The molecule has 0 fully saturated rings. The summed E-state index contributed by atoms with van der Waals surface area (Å²) in [5.41, 5.74) is 1.95. The second-order valence-corrected chi connectivity index (χ2v) is 7.58. The van der Waals surface area contributed by atoms with Gasteiger partial charge in [0.05, 0.1) is 6.04 Å². The zero-order chi connectivity index (χ0) is 15.6. The van der Waals surface area contributed by atoms with Gasteiger partial charge >= 0.3 is 0 Å². The zero-order valence-corrected chi connectivity index (χ0v) is 14.3. The van der Waals surface area contributed by atoms with Gasteiger partial charge in [-0.1, -0.05) is 45.4 Å². The van der Waals surface area contributed by atoms with E-state index in [0.29, 0.717) is 0 Å². The van der Waals surface area contributed by atoms with E-state index in [0.717, 1.165) is 17.7 Å². The third-order valence-electron chi connectivity index (χ3n) is 3.52. The molecule has 1 aromatic carbocycles. The second-order valence-electron chi connectivity index (χ2n) is 6.47. The Bertz CT molecular complexity index is 610. The molecule has 1 nitrogen and oxygen atoms in total. The third-order valence-corrected chi connectivity index (χ3v) is 5.10. The van der Waals surface area contributed by atoms with Crippen LogP contribution < -0.4 is 5.32 Å². The average molecular weight is 305 g/mol. The van der Waals surface area contributed by atoms with Crippen molar-refractivity contribution in [2.24, 2.45) is 0 Å². The summed E-state index contributed by atoms with van der Waals surface area (Å²) in [5, 5.41) is 3.42. The summed E-state index contributed by atoms with van der Waals surface area (Å²) in [6, 6.07) is 9.54. The van der Waals surface area contributed by atoms with Crippen LogP contribution in [0.5, 0.6) is 0 Å². The fourth-order valence-electron chi connectivity index (χ4n) is 2.36. The van der Waals surface area contributed by atoms with E-state index < -0.39 is 0 Å². The average Bonchev–Trinajstić information content (AvgIpc) is 2.88. The van der Waals surface area contributed by atoms with Crippen LogP contribution in [0.15, 0.2) is 30.3 Å². The molecule has 2 aromatic rings. The van der Waals surface area contributed by atoms with Crippen LogP contribution in [-0.4, -0.2) is 6.54 Å². The highest BCUT2D eigenvalue weighted by molar-refractivity contribution is 7.12. The van der Waals surface area contributed by atoms with Crippen molar-refractivity contribution < 1.29 is 4.39 Å². The molecule has 0 aliphatic rings. The molecule has 0 saturated heterocycles. The number of hydrogen-bond donors (Lipinski definition) is 1. The summed E-state index contributed by atoms with van der Waals surface area (Å²) in [4.78, 5) is 2.50. The fraction of sp³-hybridized carbons (Fsp3) is 0.444. The van der Waals surface area contributed by atoms with E-state index in [4.69, 9.17) is 0 Å². The lowest BCUT2D eigenvalue weighted by molar-refractivity contribution is 0.562. The monoisotopic (exact) mass is 305 g/mol. The van der Waals surface area contributed by atoms with E-state index in [2.05, 4.69) is 45.1 Å². The van der Waals surface area contributed by atoms with Crippen molar-refractivity contribution >= 4 is 11.3 Å². The first-order chi connectivity index (χ1) is 9.82. The van der Waals surface area contributed by atoms with E-state index in [-0.39, 0.29) is 17.3 Å². The van der Waals surface area contributed by atoms with Crippen LogP contribution in [0.1, 0.15) is 54.6 Å². The summed E-state index contributed by atoms with van der Waals surface area (Å²) in [6.45, 7) is 11.5. The van der Waals surface area contributed by atoms with Gasteiger partial charge in [0, 0.05) is 15.3 Å². The highest BCUT2D eigenvalue weighted by Crippen LogP contribution is 2.35. The minimum absolute atomic E-state index is 0.0731. The predicted octanol–water partition coefficient (Wildman–Crippen LogP) is 5.19. The van der Waals surface area contributed by atoms with Crippen LogP contribution >= 0.6 is 11.3 Å². The Morgan fingerprint density at radius 3 is 2.48 bits per heavy atom. The molecule has 1 atom stereocenters. The number of benzene rings is 1. The van der Waals surface area contributed by atoms with Crippen molar-refractivity contribution in [3.63, 3.8) is 0 Å². The fourth-order valence-corrected chi connectivity index (χ4v) is 3.52. The van der Waals surface area contributed by atoms with Crippen LogP contribution in [0.3, 0.4) is 0 Å². The summed E-state index contributed by atoms with van der Waals surface area (Å²) >= 11 is 1.77. The molecule has 3 heteroatoms. The Morgan fingerprint density at radius 2 is 1.90 bits per heavy atom. The van der Waals surface area contributed by atoms with Gasteiger partial charge in [0.1, 0.15) is 5.82 Å². The predicted molar refractivity (Wildman–Crippen MR) is 89.7 cm³/mol. The molecular weight excluding hydrogens is 281 g/mol. The van der Waals surface area contributed by atoms with Gasteiger partial charge in [-0.2, -0.15) is 0 Å². The first-order valence-corrected chi connectivity index (χ1v) is 8.24. The number of hydrogen-bond acceptors (Lipinski definition) is 2. The minimum Gasteiger partial charge on any atom is -0.306 e. The summed E-state index contributed by atoms with van der Waals surface area (Å²) < 4.78 is 14.2. The third kappa shape index (κ3) is 3.72. The topological polar surface area (TPSA) is 12.0 Å². The normalized spacial score (nSPS) is 13.4. The minimum atomic E-state index is -0.141. The van der Waals surface area contributed by atoms with Crippen LogP contribution in [0.25, 0.3) is 0 Å². The lowest BCUT2D eigenvalue weighted by Gasteiger charge is -2.19. The van der Waals surface area contributed by atoms with Gasteiger partial charge in [0.15, 0.2) is 0 Å². The molecule has 1 unspecified atom stereocenters. The van der Waals surface area contributed by atoms with Gasteiger partial charge in [0.2, 0.25) is 0 Å². The SMILES string of the molecule is CCNC(c1ccc(C(C)(C)C)s1)c1cc(C)ccc1F. The first-order valence-electron chi connectivity index (χ1n) is 7.42. The van der Waals surface area contributed by atoms with E-state index in [1.807, 2.05) is 19.1 Å². The van der Waals surface area contributed by atoms with Crippen molar-refractivity contribution in [3.8, 4) is 0 Å². The Balaban J connectivity index is 2.44. The Hall–Kier alpha value is -1.19. The highest BCUT2D eigenvalue weighted by Gasteiger charge is 2.22. The number of rotatable bonds is 4. The number of thiophene rings is 1. The van der Waals surface area contributed by atoms with Crippen LogP contribution in [0.4, 0.5) is 4.39 Å². The maximum absolute atomic E-state index is 14.2. The number of halogens is 1. The maximum atomic E-state index is 14.2. The molecule has 1 N–H and O–H groups in total. The molecule has 0 amide bonds.